The Balaban J connectivity index is 1.92. The van der Waals surface area contributed by atoms with Gasteiger partial charge < -0.3 is 15.4 Å². The van der Waals surface area contributed by atoms with Gasteiger partial charge in [-0.05, 0) is 58.9 Å². The fourth-order valence-electron chi connectivity index (χ4n) is 3.12. The number of fused-ring (bicyclic) bond motifs is 1. The molecule has 0 amide bonds. The summed E-state index contributed by atoms with van der Waals surface area (Å²) in [5.41, 5.74) is 0.0799. The van der Waals surface area contributed by atoms with Crippen LogP contribution in [-0.4, -0.2) is 18.2 Å². The summed E-state index contributed by atoms with van der Waals surface area (Å²) in [6.45, 7) is 2.10. The van der Waals surface area contributed by atoms with Gasteiger partial charge in [-0.15, -0.1) is 11.3 Å². The first-order chi connectivity index (χ1) is 13.6. The molecule has 3 rings (SSSR count). The number of halogens is 5. The largest absolute Gasteiger partial charge is 0.465 e. The molecular weight excluding hydrogens is 496 g/mol. The number of rotatable bonds is 3. The van der Waals surface area contributed by atoms with E-state index >= 15 is 0 Å². The third-order valence-corrected chi connectivity index (χ3v) is 6.65. The molecule has 4 nitrogen and oxygen atoms in total. The third kappa shape index (κ3) is 4.13. The Hall–Kier alpha value is -1.72. The molecule has 156 valence electrons. The lowest BCUT2D eigenvalue weighted by molar-refractivity contribution is 0.0601. The van der Waals surface area contributed by atoms with E-state index in [4.69, 9.17) is 17.0 Å². The van der Waals surface area contributed by atoms with Gasteiger partial charge in [-0.3, -0.25) is 0 Å². The van der Waals surface area contributed by atoms with Crippen molar-refractivity contribution < 1.29 is 27.1 Å². The molecule has 2 aromatic rings. The molecule has 1 unspecified atom stereocenters. The Morgan fingerprint density at radius 1 is 1.17 bits per heavy atom. The molecule has 1 aliphatic carbocycles. The Bertz CT molecular complexity index is 983. The van der Waals surface area contributed by atoms with Gasteiger partial charge in [-0.2, -0.15) is 0 Å². The van der Waals surface area contributed by atoms with Gasteiger partial charge in [0.05, 0.1) is 17.1 Å². The number of methoxy groups -OCH3 is 1. The maximum absolute atomic E-state index is 14.1. The minimum atomic E-state index is -1.63. The van der Waals surface area contributed by atoms with Crippen molar-refractivity contribution in [1.82, 2.24) is 0 Å². The predicted octanol–water partition coefficient (Wildman–Crippen LogP) is 5.79. The first-order valence-corrected chi connectivity index (χ1v) is 10.5. The number of carbonyl (C=O) groups excluding carboxylic acids is 1. The van der Waals surface area contributed by atoms with E-state index in [0.717, 1.165) is 23.3 Å². The van der Waals surface area contributed by atoms with Crippen LogP contribution in [0.15, 0.2) is 4.47 Å². The molecule has 1 aromatic heterocycles. The van der Waals surface area contributed by atoms with Crippen molar-refractivity contribution in [3.63, 3.8) is 0 Å². The average Bonchev–Trinajstić information content (AvgIpc) is 3.04. The predicted molar refractivity (Wildman–Crippen MR) is 111 cm³/mol. The molecule has 0 bridgehead atoms. The number of thiocarbonyl (C=S) groups is 1. The first kappa shape index (κ1) is 22.0. The number of hydrogen-bond acceptors (Lipinski definition) is 4. The molecule has 1 atom stereocenters. The summed E-state index contributed by atoms with van der Waals surface area (Å²) in [6, 6.07) is 0. The van der Waals surface area contributed by atoms with E-state index in [9.17, 15) is 22.4 Å². The molecule has 0 fully saturated rings. The smallest absolute Gasteiger partial charge is 0.341 e. The maximum Gasteiger partial charge on any atom is 0.341 e. The van der Waals surface area contributed by atoms with Crippen LogP contribution in [-0.2, 0) is 17.6 Å². The van der Waals surface area contributed by atoms with Gasteiger partial charge in [0, 0.05) is 4.88 Å². The monoisotopic (exact) mass is 510 g/mol. The van der Waals surface area contributed by atoms with Crippen LogP contribution < -0.4 is 10.6 Å². The van der Waals surface area contributed by atoms with Crippen molar-refractivity contribution in [3.8, 4) is 0 Å². The van der Waals surface area contributed by atoms with Crippen molar-refractivity contribution in [1.29, 1.82) is 0 Å². The van der Waals surface area contributed by atoms with Crippen LogP contribution in [0.4, 0.5) is 28.3 Å². The van der Waals surface area contributed by atoms with E-state index in [1.165, 1.54) is 18.4 Å². The fourth-order valence-corrected chi connectivity index (χ4v) is 5.14. The topological polar surface area (TPSA) is 50.4 Å². The number of anilines is 2. The fraction of sp³-hybridized carbons (Fsp3) is 0.333. The summed E-state index contributed by atoms with van der Waals surface area (Å²) in [7, 11) is 1.25. The molecule has 1 aliphatic rings. The molecule has 1 heterocycles. The number of benzene rings is 1. The minimum absolute atomic E-state index is 0.303. The average molecular weight is 511 g/mol. The highest BCUT2D eigenvalue weighted by molar-refractivity contribution is 9.10. The zero-order valence-corrected chi connectivity index (χ0v) is 18.4. The van der Waals surface area contributed by atoms with Crippen molar-refractivity contribution in [2.24, 2.45) is 5.92 Å². The summed E-state index contributed by atoms with van der Waals surface area (Å²) >= 11 is 8.78. The molecule has 29 heavy (non-hydrogen) atoms. The molecule has 2 N–H and O–H groups in total. The number of hydrogen-bond donors (Lipinski definition) is 2. The van der Waals surface area contributed by atoms with Gasteiger partial charge >= 0.3 is 5.97 Å². The Morgan fingerprint density at radius 2 is 1.79 bits per heavy atom. The van der Waals surface area contributed by atoms with Crippen LogP contribution in [0.2, 0.25) is 0 Å². The van der Waals surface area contributed by atoms with Gasteiger partial charge in [-0.1, -0.05) is 6.92 Å². The van der Waals surface area contributed by atoms with Gasteiger partial charge in [0.1, 0.15) is 10.7 Å². The van der Waals surface area contributed by atoms with E-state index in [2.05, 4.69) is 33.5 Å². The summed E-state index contributed by atoms with van der Waals surface area (Å²) in [4.78, 5) is 13.3. The molecule has 11 heteroatoms. The molecule has 0 radical (unpaired) electrons. The Kier molecular flexibility index (Phi) is 6.49. The SMILES string of the molecule is COC(=O)c1c(NC(=S)Nc2c(F)c(F)c(Br)c(F)c2F)sc2c1CCC(C)C2. The zero-order valence-electron chi connectivity index (χ0n) is 15.2. The highest BCUT2D eigenvalue weighted by Gasteiger charge is 2.29. The second-order valence-electron chi connectivity index (χ2n) is 6.57. The van der Waals surface area contributed by atoms with Gasteiger partial charge in [0.15, 0.2) is 28.4 Å². The van der Waals surface area contributed by atoms with E-state index in [1.54, 1.807) is 0 Å². The standard InChI is InChI=1S/C18H15BrF4N2O2S2/c1-6-3-4-7-8(5-6)29-16(9(7)17(26)27-2)25-18(28)24-15-13(22)11(20)10(19)12(21)14(15)23/h6H,3-5H2,1-2H3,(H2,24,25,28). The second kappa shape index (κ2) is 8.57. The van der Waals surface area contributed by atoms with Crippen LogP contribution in [0.5, 0.6) is 0 Å². The normalized spacial score (nSPS) is 15.6. The molecule has 0 aliphatic heterocycles. The lowest BCUT2D eigenvalue weighted by atomic mass is 9.88. The molecular formula is C18H15BrF4N2O2S2. The summed E-state index contributed by atoms with van der Waals surface area (Å²) in [5.74, 6) is -6.57. The van der Waals surface area contributed by atoms with Crippen molar-refractivity contribution in [3.05, 3.63) is 43.7 Å². The summed E-state index contributed by atoms with van der Waals surface area (Å²) < 4.78 is 59.5. The van der Waals surface area contributed by atoms with E-state index in [-0.39, 0.29) is 5.11 Å². The number of ether oxygens (including phenoxy) is 1. The number of esters is 1. The van der Waals surface area contributed by atoms with Crippen LogP contribution >= 0.6 is 39.5 Å². The lowest BCUT2D eigenvalue weighted by Gasteiger charge is -2.18. The number of carbonyl (C=O) groups is 1. The van der Waals surface area contributed by atoms with Crippen molar-refractivity contribution in [2.75, 3.05) is 17.7 Å². The van der Waals surface area contributed by atoms with E-state index in [1.807, 2.05) is 0 Å². The van der Waals surface area contributed by atoms with Crippen molar-refractivity contribution >= 4 is 61.3 Å². The summed E-state index contributed by atoms with van der Waals surface area (Å²) in [6.07, 6.45) is 2.37. The first-order valence-electron chi connectivity index (χ1n) is 8.47. The zero-order chi connectivity index (χ0) is 21.5. The number of nitrogens with one attached hydrogen (secondary N) is 2. The van der Waals surface area contributed by atoms with E-state index < -0.39 is 39.4 Å². The molecule has 1 aromatic carbocycles. The lowest BCUT2D eigenvalue weighted by Crippen LogP contribution is -2.22. The minimum Gasteiger partial charge on any atom is -0.465 e. The molecule has 0 spiro atoms. The third-order valence-electron chi connectivity index (χ3n) is 4.58. The highest BCUT2D eigenvalue weighted by Crippen LogP contribution is 2.40. The molecule has 0 saturated carbocycles. The number of thiophene rings is 1. The van der Waals surface area contributed by atoms with Crippen LogP contribution in [0.3, 0.4) is 0 Å². The van der Waals surface area contributed by atoms with Gasteiger partial charge in [0.25, 0.3) is 0 Å². The Labute approximate surface area is 181 Å². The van der Waals surface area contributed by atoms with Crippen LogP contribution in [0, 0.1) is 29.2 Å². The van der Waals surface area contributed by atoms with Crippen LogP contribution in [0.25, 0.3) is 0 Å². The quantitative estimate of drug-likeness (QED) is 0.180. The van der Waals surface area contributed by atoms with Gasteiger partial charge in [0.2, 0.25) is 0 Å². The maximum atomic E-state index is 14.1. The van der Waals surface area contributed by atoms with Crippen LogP contribution in [0.1, 0.15) is 34.1 Å². The highest BCUT2D eigenvalue weighted by atomic mass is 79.9. The van der Waals surface area contributed by atoms with E-state index in [0.29, 0.717) is 22.9 Å². The Morgan fingerprint density at radius 3 is 2.38 bits per heavy atom. The molecule has 0 saturated heterocycles. The second-order valence-corrected chi connectivity index (χ2v) is 8.88. The summed E-state index contributed by atoms with van der Waals surface area (Å²) in [5, 5.41) is 4.84. The van der Waals surface area contributed by atoms with Gasteiger partial charge in [-0.25, -0.2) is 22.4 Å². The van der Waals surface area contributed by atoms with Crippen molar-refractivity contribution in [2.45, 2.75) is 26.2 Å².